The molecule has 1 aromatic heterocycles. The summed E-state index contributed by atoms with van der Waals surface area (Å²) in [5, 5.41) is 14.0. The lowest BCUT2D eigenvalue weighted by Gasteiger charge is -2.07. The molecule has 3 N–H and O–H groups in total. The van der Waals surface area contributed by atoms with Crippen LogP contribution in [-0.4, -0.2) is 24.1 Å². The highest BCUT2D eigenvalue weighted by atomic mass is 32.2. The molecule has 2 aromatic rings. The Labute approximate surface area is 110 Å². The highest BCUT2D eigenvalue weighted by Crippen LogP contribution is 2.18. The first-order valence-corrected chi connectivity index (χ1v) is 6.90. The number of nitrogens with zero attached hydrogens (tertiary/aromatic N) is 1. The minimum atomic E-state index is -3.72. The van der Waals surface area contributed by atoms with Crippen LogP contribution in [0.3, 0.4) is 0 Å². The summed E-state index contributed by atoms with van der Waals surface area (Å²) in [5.74, 6) is -1.00. The Morgan fingerprint density at radius 1 is 1.21 bits per heavy atom. The number of primary sulfonamides is 1. The molecule has 7 heteroatoms. The standard InChI is InChI=1S/C12H12N2O4S/c1-8-11(12(15)16)6-7-14(8)9-2-4-10(5-3-9)19(13,17)18/h2-7H,1H3,(H,15,16)(H2,13,17,18). The van der Waals surface area contributed by atoms with Crippen LogP contribution in [0.15, 0.2) is 41.4 Å². The zero-order valence-electron chi connectivity index (χ0n) is 10.1. The smallest absolute Gasteiger partial charge is 0.337 e. The topological polar surface area (TPSA) is 102 Å². The van der Waals surface area contributed by atoms with Gasteiger partial charge in [-0.2, -0.15) is 0 Å². The van der Waals surface area contributed by atoms with Crippen LogP contribution in [0.4, 0.5) is 0 Å². The maximum atomic E-state index is 11.1. The number of hydrogen-bond donors (Lipinski definition) is 2. The number of aromatic carboxylic acids is 1. The third-order valence-corrected chi connectivity index (χ3v) is 3.74. The van der Waals surface area contributed by atoms with Crippen LogP contribution in [0.2, 0.25) is 0 Å². The lowest BCUT2D eigenvalue weighted by atomic mass is 10.2. The quantitative estimate of drug-likeness (QED) is 0.879. The molecule has 0 saturated carbocycles. The Morgan fingerprint density at radius 2 is 1.79 bits per heavy atom. The van der Waals surface area contributed by atoms with Gasteiger partial charge < -0.3 is 9.67 Å². The van der Waals surface area contributed by atoms with Crippen molar-refractivity contribution in [2.75, 3.05) is 0 Å². The van der Waals surface area contributed by atoms with Crippen LogP contribution < -0.4 is 5.14 Å². The molecule has 100 valence electrons. The summed E-state index contributed by atoms with van der Waals surface area (Å²) in [4.78, 5) is 11.0. The van der Waals surface area contributed by atoms with Crippen LogP contribution >= 0.6 is 0 Å². The van der Waals surface area contributed by atoms with Gasteiger partial charge in [-0.1, -0.05) is 0 Å². The van der Waals surface area contributed by atoms with E-state index in [9.17, 15) is 13.2 Å². The zero-order chi connectivity index (χ0) is 14.2. The van der Waals surface area contributed by atoms with Crippen molar-refractivity contribution in [3.63, 3.8) is 0 Å². The van der Waals surface area contributed by atoms with Crippen LogP contribution in [-0.2, 0) is 10.0 Å². The molecular weight excluding hydrogens is 268 g/mol. The molecule has 0 saturated heterocycles. The molecule has 0 unspecified atom stereocenters. The zero-order valence-corrected chi connectivity index (χ0v) is 10.9. The van der Waals surface area contributed by atoms with Crippen molar-refractivity contribution in [3.8, 4) is 5.69 Å². The van der Waals surface area contributed by atoms with Crippen LogP contribution in [0.5, 0.6) is 0 Å². The van der Waals surface area contributed by atoms with Gasteiger partial charge in [0.2, 0.25) is 10.0 Å². The second-order valence-electron chi connectivity index (χ2n) is 4.03. The molecular formula is C12H12N2O4S. The third-order valence-electron chi connectivity index (χ3n) is 2.82. The van der Waals surface area contributed by atoms with E-state index in [-0.39, 0.29) is 10.5 Å². The minimum absolute atomic E-state index is 0.0134. The largest absolute Gasteiger partial charge is 0.478 e. The van der Waals surface area contributed by atoms with Crippen molar-refractivity contribution < 1.29 is 18.3 Å². The predicted molar refractivity (Wildman–Crippen MR) is 68.8 cm³/mol. The van der Waals surface area contributed by atoms with Crippen LogP contribution in [0.1, 0.15) is 16.1 Å². The highest BCUT2D eigenvalue weighted by molar-refractivity contribution is 7.89. The van der Waals surface area contributed by atoms with Crippen molar-refractivity contribution in [2.45, 2.75) is 11.8 Å². The Balaban J connectivity index is 2.46. The molecule has 0 aliphatic heterocycles. The van der Waals surface area contributed by atoms with Crippen molar-refractivity contribution in [1.29, 1.82) is 0 Å². The molecule has 19 heavy (non-hydrogen) atoms. The van der Waals surface area contributed by atoms with E-state index in [1.807, 2.05) is 0 Å². The molecule has 0 amide bonds. The highest BCUT2D eigenvalue weighted by Gasteiger charge is 2.13. The van der Waals surface area contributed by atoms with E-state index < -0.39 is 16.0 Å². The van der Waals surface area contributed by atoms with Crippen molar-refractivity contribution in [1.82, 2.24) is 4.57 Å². The first kappa shape index (κ1) is 13.3. The van der Waals surface area contributed by atoms with E-state index in [2.05, 4.69) is 0 Å². The molecule has 0 radical (unpaired) electrons. The molecule has 0 fully saturated rings. The second kappa shape index (κ2) is 4.52. The van der Waals surface area contributed by atoms with E-state index in [4.69, 9.17) is 10.2 Å². The number of sulfonamides is 1. The van der Waals surface area contributed by atoms with Crippen molar-refractivity contribution in [3.05, 3.63) is 47.8 Å². The van der Waals surface area contributed by atoms with Gasteiger partial charge in [0.1, 0.15) is 0 Å². The summed E-state index contributed by atoms with van der Waals surface area (Å²) in [7, 11) is -3.72. The lowest BCUT2D eigenvalue weighted by Crippen LogP contribution is -2.12. The molecule has 2 rings (SSSR count). The third kappa shape index (κ3) is 2.51. The van der Waals surface area contributed by atoms with Gasteiger partial charge in [-0.3, -0.25) is 0 Å². The Morgan fingerprint density at radius 3 is 2.21 bits per heavy atom. The molecule has 0 spiro atoms. The minimum Gasteiger partial charge on any atom is -0.478 e. The first-order valence-electron chi connectivity index (χ1n) is 5.35. The number of hydrogen-bond acceptors (Lipinski definition) is 3. The van der Waals surface area contributed by atoms with Gasteiger partial charge >= 0.3 is 5.97 Å². The molecule has 1 aromatic carbocycles. The Kier molecular flexibility index (Phi) is 3.17. The van der Waals surface area contributed by atoms with Gasteiger partial charge in [0.25, 0.3) is 0 Å². The fourth-order valence-corrected chi connectivity index (χ4v) is 2.33. The van der Waals surface area contributed by atoms with Crippen LogP contribution in [0.25, 0.3) is 5.69 Å². The fourth-order valence-electron chi connectivity index (χ4n) is 1.81. The molecule has 0 atom stereocenters. The summed E-state index contributed by atoms with van der Waals surface area (Å²) in [6.45, 7) is 1.68. The number of benzene rings is 1. The Bertz CT molecular complexity index is 730. The van der Waals surface area contributed by atoms with E-state index in [0.717, 1.165) is 0 Å². The number of carbonyl (C=O) groups is 1. The van der Waals surface area contributed by atoms with Gasteiger partial charge in [-0.15, -0.1) is 0 Å². The fraction of sp³-hybridized carbons (Fsp3) is 0.0833. The number of rotatable bonds is 3. The van der Waals surface area contributed by atoms with Gasteiger partial charge in [-0.25, -0.2) is 18.4 Å². The van der Waals surface area contributed by atoms with E-state index >= 15 is 0 Å². The number of aromatic nitrogens is 1. The first-order chi connectivity index (χ1) is 8.80. The SMILES string of the molecule is Cc1c(C(=O)O)ccn1-c1ccc(S(N)(=O)=O)cc1. The summed E-state index contributed by atoms with van der Waals surface area (Å²) in [6, 6.07) is 7.39. The van der Waals surface area contributed by atoms with Crippen molar-refractivity contribution in [2.24, 2.45) is 5.14 Å². The number of carboxylic acids is 1. The molecule has 1 heterocycles. The molecule has 6 nitrogen and oxygen atoms in total. The number of carboxylic acid groups (broad SMARTS) is 1. The summed E-state index contributed by atoms with van der Waals surface area (Å²) < 4.78 is 23.9. The predicted octanol–water partition coefficient (Wildman–Crippen LogP) is 1.13. The van der Waals surface area contributed by atoms with Gasteiger partial charge in [-0.05, 0) is 37.3 Å². The molecule has 0 bridgehead atoms. The monoisotopic (exact) mass is 280 g/mol. The summed E-state index contributed by atoms with van der Waals surface area (Å²) >= 11 is 0. The van der Waals surface area contributed by atoms with E-state index in [1.54, 1.807) is 29.8 Å². The van der Waals surface area contributed by atoms with Gasteiger partial charge in [0.15, 0.2) is 0 Å². The van der Waals surface area contributed by atoms with Gasteiger partial charge in [0.05, 0.1) is 10.5 Å². The Hall–Kier alpha value is -2.12. The summed E-state index contributed by atoms with van der Waals surface area (Å²) in [5.41, 5.74) is 1.43. The molecule has 0 aliphatic rings. The number of nitrogens with two attached hydrogens (primary N) is 1. The molecule has 0 aliphatic carbocycles. The second-order valence-corrected chi connectivity index (χ2v) is 5.59. The summed E-state index contributed by atoms with van der Waals surface area (Å²) in [6.07, 6.45) is 1.62. The van der Waals surface area contributed by atoms with Crippen LogP contribution in [0, 0.1) is 6.92 Å². The normalized spacial score (nSPS) is 11.5. The van der Waals surface area contributed by atoms with E-state index in [0.29, 0.717) is 11.4 Å². The van der Waals surface area contributed by atoms with Gasteiger partial charge in [0, 0.05) is 17.6 Å². The lowest BCUT2D eigenvalue weighted by molar-refractivity contribution is 0.0696. The average molecular weight is 280 g/mol. The average Bonchev–Trinajstić information content (AvgIpc) is 2.70. The maximum Gasteiger partial charge on any atom is 0.337 e. The van der Waals surface area contributed by atoms with Crippen molar-refractivity contribution >= 4 is 16.0 Å². The maximum absolute atomic E-state index is 11.1. The van der Waals surface area contributed by atoms with E-state index in [1.165, 1.54) is 18.2 Å².